The second kappa shape index (κ2) is 10.7. The van der Waals surface area contributed by atoms with Crippen molar-refractivity contribution in [3.63, 3.8) is 0 Å². The lowest BCUT2D eigenvalue weighted by atomic mass is 10.1. The van der Waals surface area contributed by atoms with Gasteiger partial charge in [-0.2, -0.15) is 0 Å². The van der Waals surface area contributed by atoms with Gasteiger partial charge in [-0.3, -0.25) is 9.89 Å². The number of hydrogen-bond donors (Lipinski definition) is 2. The predicted octanol–water partition coefficient (Wildman–Crippen LogP) is 3.09. The van der Waals surface area contributed by atoms with Crippen LogP contribution in [0.25, 0.3) is 0 Å². The number of thiophene rings is 1. The maximum Gasteiger partial charge on any atom is 0.191 e. The fraction of sp³-hybridized carbons (Fsp3) is 0.722. The average molecular weight is 480 g/mol. The van der Waals surface area contributed by atoms with Gasteiger partial charge in [0.05, 0.1) is 12.1 Å². The number of aliphatic imine (C=N–C) groups is 1. The Morgan fingerprint density at radius 3 is 2.88 bits per heavy atom. The number of nitrogens with one attached hydrogen (secondary N) is 2. The first-order valence-electron chi connectivity index (χ1n) is 8.82. The van der Waals surface area contributed by atoms with Gasteiger partial charge in [0.25, 0.3) is 0 Å². The molecular weight excluding hydrogens is 447 g/mol. The normalized spacial score (nSPS) is 16.8. The van der Waals surface area contributed by atoms with Gasteiger partial charge in [0.2, 0.25) is 0 Å². The lowest BCUT2D eigenvalue weighted by molar-refractivity contribution is 0.0310. The van der Waals surface area contributed by atoms with E-state index >= 15 is 0 Å². The van der Waals surface area contributed by atoms with Gasteiger partial charge < -0.3 is 15.4 Å². The predicted molar refractivity (Wildman–Crippen MR) is 118 cm³/mol. The monoisotopic (exact) mass is 480 g/mol. The zero-order chi connectivity index (χ0) is 17.6. The van der Waals surface area contributed by atoms with Crippen molar-refractivity contribution >= 4 is 41.3 Å². The molecule has 2 rings (SSSR count). The van der Waals surface area contributed by atoms with Crippen LogP contribution >= 0.6 is 35.3 Å². The van der Waals surface area contributed by atoms with Gasteiger partial charge in [-0.05, 0) is 51.1 Å². The molecule has 2 N–H and O–H groups in total. The van der Waals surface area contributed by atoms with Crippen molar-refractivity contribution in [1.29, 1.82) is 0 Å². The SMILES string of the molecule is CCNC(=NCC(C)(C)OC)NCC(C)N1CCc2sccc2C1.I. The average Bonchev–Trinajstić information content (AvgIpc) is 3.04. The Kier molecular flexibility index (Phi) is 9.69. The second-order valence-electron chi connectivity index (χ2n) is 6.98. The van der Waals surface area contributed by atoms with Crippen molar-refractivity contribution in [3.8, 4) is 0 Å². The van der Waals surface area contributed by atoms with E-state index in [1.807, 2.05) is 11.3 Å². The summed E-state index contributed by atoms with van der Waals surface area (Å²) in [5.41, 5.74) is 1.26. The molecule has 0 aliphatic carbocycles. The number of guanidine groups is 1. The van der Waals surface area contributed by atoms with E-state index in [0.29, 0.717) is 12.6 Å². The van der Waals surface area contributed by atoms with Crippen molar-refractivity contribution < 1.29 is 4.74 Å². The van der Waals surface area contributed by atoms with Crippen LogP contribution in [0.2, 0.25) is 0 Å². The molecule has 1 atom stereocenters. The third-order valence-electron chi connectivity index (χ3n) is 4.54. The number of methoxy groups -OCH3 is 1. The minimum atomic E-state index is -0.240. The molecule has 0 spiro atoms. The quantitative estimate of drug-likeness (QED) is 0.358. The first-order valence-corrected chi connectivity index (χ1v) is 9.69. The van der Waals surface area contributed by atoms with Crippen LogP contribution in [-0.4, -0.2) is 55.8 Å². The number of fused-ring (bicyclic) bond motifs is 1. The zero-order valence-corrected chi connectivity index (χ0v) is 19.2. The number of halogens is 1. The summed E-state index contributed by atoms with van der Waals surface area (Å²) in [7, 11) is 1.73. The maximum absolute atomic E-state index is 5.44. The molecule has 0 saturated heterocycles. The maximum atomic E-state index is 5.44. The zero-order valence-electron chi connectivity index (χ0n) is 16.1. The minimum Gasteiger partial charge on any atom is -0.377 e. The highest BCUT2D eigenvalue weighted by atomic mass is 127. The summed E-state index contributed by atoms with van der Waals surface area (Å²) in [5.74, 6) is 0.864. The highest BCUT2D eigenvalue weighted by molar-refractivity contribution is 14.0. The first kappa shape index (κ1) is 22.7. The van der Waals surface area contributed by atoms with Crippen molar-refractivity contribution in [2.24, 2.45) is 4.99 Å². The molecule has 2 heterocycles. The molecule has 5 nitrogen and oxygen atoms in total. The summed E-state index contributed by atoms with van der Waals surface area (Å²) in [4.78, 5) is 8.76. The minimum absolute atomic E-state index is 0. The molecule has 25 heavy (non-hydrogen) atoms. The standard InChI is InChI=1S/C18H32N4OS.HI/c1-6-19-17(21-13-18(3,4)23-5)20-11-14(2)22-9-7-16-15(12-22)8-10-24-16;/h8,10,14H,6-7,9,11-13H2,1-5H3,(H2,19,20,21);1H. The summed E-state index contributed by atoms with van der Waals surface area (Å²) in [5, 5.41) is 9.00. The van der Waals surface area contributed by atoms with Gasteiger partial charge in [0.1, 0.15) is 0 Å². The summed E-state index contributed by atoms with van der Waals surface area (Å²) in [6.07, 6.45) is 1.17. The van der Waals surface area contributed by atoms with Crippen molar-refractivity contribution in [2.45, 2.75) is 52.3 Å². The fourth-order valence-electron chi connectivity index (χ4n) is 2.70. The molecule has 1 unspecified atom stereocenters. The van der Waals surface area contributed by atoms with Crippen LogP contribution in [0.4, 0.5) is 0 Å². The number of rotatable bonds is 7. The highest BCUT2D eigenvalue weighted by Gasteiger charge is 2.21. The summed E-state index contributed by atoms with van der Waals surface area (Å²) < 4.78 is 5.44. The Labute approximate surface area is 173 Å². The third kappa shape index (κ3) is 7.03. The van der Waals surface area contributed by atoms with Crippen LogP contribution in [0.1, 0.15) is 38.1 Å². The van der Waals surface area contributed by atoms with E-state index in [-0.39, 0.29) is 29.6 Å². The van der Waals surface area contributed by atoms with E-state index in [1.165, 1.54) is 12.0 Å². The molecule has 0 aromatic carbocycles. The van der Waals surface area contributed by atoms with Crippen molar-refractivity contribution in [3.05, 3.63) is 21.9 Å². The van der Waals surface area contributed by atoms with Crippen LogP contribution in [0.5, 0.6) is 0 Å². The van der Waals surface area contributed by atoms with Gasteiger partial charge in [0.15, 0.2) is 5.96 Å². The lowest BCUT2D eigenvalue weighted by Crippen LogP contribution is -2.47. The van der Waals surface area contributed by atoms with Crippen LogP contribution < -0.4 is 10.6 Å². The molecule has 1 aliphatic rings. The lowest BCUT2D eigenvalue weighted by Gasteiger charge is -2.33. The van der Waals surface area contributed by atoms with E-state index in [2.05, 4.69) is 59.7 Å². The molecule has 144 valence electrons. The molecule has 0 bridgehead atoms. The van der Waals surface area contributed by atoms with Gasteiger partial charge in [-0.15, -0.1) is 35.3 Å². The van der Waals surface area contributed by atoms with Crippen LogP contribution in [0.15, 0.2) is 16.4 Å². The largest absolute Gasteiger partial charge is 0.377 e. The Hall–Kier alpha value is -0.380. The summed E-state index contributed by atoms with van der Waals surface area (Å²) >= 11 is 1.89. The Bertz CT molecular complexity index is 547. The topological polar surface area (TPSA) is 48.9 Å². The molecule has 0 saturated carbocycles. The van der Waals surface area contributed by atoms with E-state index in [0.717, 1.165) is 32.1 Å². The van der Waals surface area contributed by atoms with E-state index in [9.17, 15) is 0 Å². The van der Waals surface area contributed by atoms with Crippen LogP contribution in [0, 0.1) is 0 Å². The van der Waals surface area contributed by atoms with E-state index in [4.69, 9.17) is 4.74 Å². The van der Waals surface area contributed by atoms with Gasteiger partial charge in [0, 0.05) is 44.2 Å². The molecule has 7 heteroatoms. The molecule has 0 radical (unpaired) electrons. The first-order chi connectivity index (χ1) is 11.4. The molecule has 1 aromatic heterocycles. The van der Waals surface area contributed by atoms with Gasteiger partial charge in [-0.1, -0.05) is 0 Å². The highest BCUT2D eigenvalue weighted by Crippen LogP contribution is 2.24. The van der Waals surface area contributed by atoms with Gasteiger partial charge >= 0.3 is 0 Å². The molecule has 1 aliphatic heterocycles. The molecular formula is C18H33IN4OS. The summed E-state index contributed by atoms with van der Waals surface area (Å²) in [6, 6.07) is 2.74. The fourth-order valence-corrected chi connectivity index (χ4v) is 3.59. The van der Waals surface area contributed by atoms with Crippen molar-refractivity contribution in [1.82, 2.24) is 15.5 Å². The van der Waals surface area contributed by atoms with E-state index < -0.39 is 0 Å². The van der Waals surface area contributed by atoms with E-state index in [1.54, 1.807) is 12.0 Å². The second-order valence-corrected chi connectivity index (χ2v) is 7.98. The number of ether oxygens (including phenoxy) is 1. The third-order valence-corrected chi connectivity index (χ3v) is 5.56. The summed E-state index contributed by atoms with van der Waals surface area (Å²) in [6.45, 7) is 13.1. The molecule has 1 aromatic rings. The Balaban J connectivity index is 0.00000312. The van der Waals surface area contributed by atoms with Crippen LogP contribution in [-0.2, 0) is 17.7 Å². The van der Waals surface area contributed by atoms with Crippen LogP contribution in [0.3, 0.4) is 0 Å². The van der Waals surface area contributed by atoms with Gasteiger partial charge in [-0.25, -0.2) is 0 Å². The Morgan fingerprint density at radius 1 is 1.44 bits per heavy atom. The van der Waals surface area contributed by atoms with Crippen molar-refractivity contribution in [2.75, 3.05) is 33.3 Å². The Morgan fingerprint density at radius 2 is 2.20 bits per heavy atom. The molecule has 0 fully saturated rings. The smallest absolute Gasteiger partial charge is 0.191 e. The molecule has 0 amide bonds. The number of hydrogen-bond acceptors (Lipinski definition) is 4. The number of nitrogens with zero attached hydrogens (tertiary/aromatic N) is 2.